The molecule has 4 rings (SSSR count). The highest BCUT2D eigenvalue weighted by Crippen LogP contribution is 2.36. The van der Waals surface area contributed by atoms with E-state index in [1.165, 1.54) is 4.90 Å². The first-order valence-electron chi connectivity index (χ1n) is 11.2. The molecule has 2 amide bonds. The second-order valence-corrected chi connectivity index (χ2v) is 8.40. The van der Waals surface area contributed by atoms with E-state index in [1.54, 1.807) is 55.6 Å². The first-order valence-corrected chi connectivity index (χ1v) is 11.2. The summed E-state index contributed by atoms with van der Waals surface area (Å²) in [5.74, 6) is 0.648. The number of likely N-dealkylation sites (N-methyl/N-ethyl adjacent to an activating group) is 1. The van der Waals surface area contributed by atoms with Crippen molar-refractivity contribution >= 4 is 23.1 Å². The summed E-state index contributed by atoms with van der Waals surface area (Å²) in [5, 5.41) is 0. The number of hydrogen-bond donors (Lipinski definition) is 0. The van der Waals surface area contributed by atoms with Crippen LogP contribution in [0.5, 0.6) is 11.5 Å². The average molecular weight is 457 g/mol. The third-order valence-electron chi connectivity index (χ3n) is 5.55. The zero-order chi connectivity index (χ0) is 24.2. The Hall–Kier alpha value is -4.06. The first-order chi connectivity index (χ1) is 16.4. The highest BCUT2D eigenvalue weighted by Gasteiger charge is 2.41. The van der Waals surface area contributed by atoms with Gasteiger partial charge < -0.3 is 14.4 Å². The van der Waals surface area contributed by atoms with Gasteiger partial charge in [0.2, 0.25) is 0 Å². The molecule has 0 bridgehead atoms. The molecule has 0 spiro atoms. The lowest BCUT2D eigenvalue weighted by Crippen LogP contribution is -2.34. The van der Waals surface area contributed by atoms with Crippen LogP contribution in [0.25, 0.3) is 5.57 Å². The van der Waals surface area contributed by atoms with E-state index in [0.717, 1.165) is 5.56 Å². The Bertz CT molecular complexity index is 1200. The Kier molecular flexibility index (Phi) is 6.68. The maximum absolute atomic E-state index is 13.7. The molecular weight excluding hydrogens is 428 g/mol. The van der Waals surface area contributed by atoms with Crippen LogP contribution in [0.1, 0.15) is 25.0 Å². The van der Waals surface area contributed by atoms with Crippen LogP contribution in [0.3, 0.4) is 0 Å². The molecule has 1 aliphatic rings. The number of carbonyl (C=O) groups is 2. The summed E-state index contributed by atoms with van der Waals surface area (Å²) in [5.41, 5.74) is 2.94. The number of carbonyl (C=O) groups excluding carboxylic acids is 2. The van der Waals surface area contributed by atoms with E-state index in [9.17, 15) is 9.59 Å². The van der Waals surface area contributed by atoms with Crippen molar-refractivity contribution in [3.63, 3.8) is 0 Å². The van der Waals surface area contributed by atoms with Gasteiger partial charge in [-0.3, -0.25) is 9.59 Å². The monoisotopic (exact) mass is 456 g/mol. The van der Waals surface area contributed by atoms with Gasteiger partial charge in [0.25, 0.3) is 11.8 Å². The van der Waals surface area contributed by atoms with Gasteiger partial charge in [0.05, 0.1) is 24.5 Å². The number of ether oxygens (including phenoxy) is 2. The predicted octanol–water partition coefficient (Wildman–Crippen LogP) is 4.90. The van der Waals surface area contributed by atoms with Gasteiger partial charge >= 0.3 is 0 Å². The quantitative estimate of drug-likeness (QED) is 0.451. The Morgan fingerprint density at radius 3 is 2.03 bits per heavy atom. The highest BCUT2D eigenvalue weighted by atomic mass is 16.5. The molecule has 0 unspecified atom stereocenters. The third-order valence-corrected chi connectivity index (χ3v) is 5.55. The molecule has 0 N–H and O–H groups in total. The van der Waals surface area contributed by atoms with Crippen molar-refractivity contribution < 1.29 is 19.1 Å². The minimum atomic E-state index is -0.359. The number of hydrogen-bond acceptors (Lipinski definition) is 5. The van der Waals surface area contributed by atoms with Crippen molar-refractivity contribution in [2.45, 2.75) is 26.5 Å². The van der Waals surface area contributed by atoms with Gasteiger partial charge in [0, 0.05) is 13.6 Å². The van der Waals surface area contributed by atoms with Gasteiger partial charge in [-0.25, -0.2) is 4.90 Å². The van der Waals surface area contributed by atoms with Crippen LogP contribution in [0, 0.1) is 0 Å². The zero-order valence-corrected chi connectivity index (χ0v) is 19.8. The molecule has 3 aromatic carbocycles. The van der Waals surface area contributed by atoms with E-state index in [0.29, 0.717) is 40.6 Å². The van der Waals surface area contributed by atoms with Crippen molar-refractivity contribution in [1.82, 2.24) is 4.90 Å². The van der Waals surface area contributed by atoms with E-state index in [2.05, 4.69) is 0 Å². The van der Waals surface area contributed by atoms with Gasteiger partial charge in [-0.2, -0.15) is 0 Å². The standard InChI is InChI=1S/C28H28N2O4/c1-19(2)34-24-16-12-22(13-17-24)30-27(31)25(21-10-14-23(33-4)15-11-21)26(28(30)32)29(3)18-20-8-6-5-7-9-20/h5-17,19H,18H2,1-4H3. The zero-order valence-electron chi connectivity index (χ0n) is 19.8. The molecule has 0 aliphatic carbocycles. The normalized spacial score (nSPS) is 13.6. The summed E-state index contributed by atoms with van der Waals surface area (Å²) < 4.78 is 11.0. The molecule has 0 aromatic heterocycles. The van der Waals surface area contributed by atoms with Gasteiger partial charge in [-0.15, -0.1) is 0 Å². The number of amides is 2. The summed E-state index contributed by atoms with van der Waals surface area (Å²) in [7, 11) is 3.42. The van der Waals surface area contributed by atoms with Crippen molar-refractivity contribution in [3.8, 4) is 11.5 Å². The summed E-state index contributed by atoms with van der Waals surface area (Å²) >= 11 is 0. The lowest BCUT2D eigenvalue weighted by molar-refractivity contribution is -0.120. The molecule has 6 nitrogen and oxygen atoms in total. The van der Waals surface area contributed by atoms with E-state index < -0.39 is 0 Å². The molecule has 0 radical (unpaired) electrons. The van der Waals surface area contributed by atoms with Gasteiger partial charge in [-0.1, -0.05) is 42.5 Å². The summed E-state index contributed by atoms with van der Waals surface area (Å²) in [6, 6.07) is 24.1. The Morgan fingerprint density at radius 1 is 0.824 bits per heavy atom. The highest BCUT2D eigenvalue weighted by molar-refractivity contribution is 6.45. The largest absolute Gasteiger partial charge is 0.497 e. The number of benzene rings is 3. The van der Waals surface area contributed by atoms with Crippen LogP contribution in [0.4, 0.5) is 5.69 Å². The first kappa shape index (κ1) is 23.1. The van der Waals surface area contributed by atoms with Crippen LogP contribution >= 0.6 is 0 Å². The van der Waals surface area contributed by atoms with Crippen molar-refractivity contribution in [2.75, 3.05) is 19.1 Å². The van der Waals surface area contributed by atoms with Crippen molar-refractivity contribution in [1.29, 1.82) is 0 Å². The van der Waals surface area contributed by atoms with Crippen LogP contribution in [0.15, 0.2) is 84.6 Å². The Balaban J connectivity index is 1.73. The summed E-state index contributed by atoms with van der Waals surface area (Å²) in [6.45, 7) is 4.38. The van der Waals surface area contributed by atoms with Crippen LogP contribution < -0.4 is 14.4 Å². The topological polar surface area (TPSA) is 59.1 Å². The van der Waals surface area contributed by atoms with Crippen molar-refractivity contribution in [2.24, 2.45) is 0 Å². The lowest BCUT2D eigenvalue weighted by Gasteiger charge is -2.22. The van der Waals surface area contributed by atoms with Crippen molar-refractivity contribution in [3.05, 3.63) is 95.7 Å². The molecule has 0 atom stereocenters. The fourth-order valence-corrected chi connectivity index (χ4v) is 4.01. The maximum Gasteiger partial charge on any atom is 0.282 e. The molecule has 34 heavy (non-hydrogen) atoms. The number of nitrogens with zero attached hydrogens (tertiary/aromatic N) is 2. The van der Waals surface area contributed by atoms with Crippen LogP contribution in [0.2, 0.25) is 0 Å². The number of methoxy groups -OCH3 is 1. The Labute approximate surface area is 200 Å². The molecule has 0 saturated heterocycles. The molecule has 0 fully saturated rings. The molecular formula is C28H28N2O4. The van der Waals surface area contributed by atoms with E-state index in [4.69, 9.17) is 9.47 Å². The number of anilines is 1. The fraction of sp³-hybridized carbons (Fsp3) is 0.214. The summed E-state index contributed by atoms with van der Waals surface area (Å²) in [6.07, 6.45) is 0.0301. The minimum absolute atomic E-state index is 0.0301. The number of rotatable bonds is 8. The molecule has 6 heteroatoms. The fourth-order valence-electron chi connectivity index (χ4n) is 4.01. The number of imide groups is 1. The van der Waals surface area contributed by atoms with Gasteiger partial charge in [0.1, 0.15) is 17.2 Å². The van der Waals surface area contributed by atoms with Crippen LogP contribution in [-0.2, 0) is 16.1 Å². The second-order valence-electron chi connectivity index (χ2n) is 8.40. The van der Waals surface area contributed by atoms with Crippen LogP contribution in [-0.4, -0.2) is 37.0 Å². The third kappa shape index (κ3) is 4.66. The molecule has 3 aromatic rings. The minimum Gasteiger partial charge on any atom is -0.497 e. The molecule has 1 aliphatic heterocycles. The smallest absolute Gasteiger partial charge is 0.282 e. The second kappa shape index (κ2) is 9.83. The maximum atomic E-state index is 13.7. The lowest BCUT2D eigenvalue weighted by atomic mass is 10.0. The predicted molar refractivity (Wildman–Crippen MR) is 133 cm³/mol. The molecule has 1 heterocycles. The van der Waals surface area contributed by atoms with E-state index in [1.807, 2.05) is 56.1 Å². The molecule has 0 saturated carbocycles. The Morgan fingerprint density at radius 2 is 1.44 bits per heavy atom. The average Bonchev–Trinajstić information content (AvgIpc) is 3.10. The van der Waals surface area contributed by atoms with E-state index >= 15 is 0 Å². The molecule has 174 valence electrons. The summed E-state index contributed by atoms with van der Waals surface area (Å²) in [4.78, 5) is 30.4. The van der Waals surface area contributed by atoms with Gasteiger partial charge in [0.15, 0.2) is 0 Å². The SMILES string of the molecule is COc1ccc(C2=C(N(C)Cc3ccccc3)C(=O)N(c3ccc(OC(C)C)cc3)C2=O)cc1. The van der Waals surface area contributed by atoms with E-state index in [-0.39, 0.29) is 17.9 Å². The van der Waals surface area contributed by atoms with Gasteiger partial charge in [-0.05, 0) is 61.4 Å².